The molecule has 0 unspecified atom stereocenters. The summed E-state index contributed by atoms with van der Waals surface area (Å²) in [5.41, 5.74) is -1.54. The van der Waals surface area contributed by atoms with Crippen molar-refractivity contribution in [3.05, 3.63) is 28.2 Å². The van der Waals surface area contributed by atoms with Gasteiger partial charge in [0, 0.05) is 0 Å². The average molecular weight is 340 g/mol. The number of carboxylic acid groups (broad SMARTS) is 1. The molecule has 112 valence electrons. The van der Waals surface area contributed by atoms with E-state index in [9.17, 15) is 18.3 Å². The predicted octanol–water partition coefficient (Wildman–Crippen LogP) is 2.92. The van der Waals surface area contributed by atoms with Crippen molar-refractivity contribution in [1.82, 2.24) is 4.72 Å². The van der Waals surface area contributed by atoms with E-state index in [0.29, 0.717) is 0 Å². The molecule has 0 aliphatic carbocycles. The summed E-state index contributed by atoms with van der Waals surface area (Å²) in [5, 5.41) is 9.57. The van der Waals surface area contributed by atoms with Crippen LogP contribution in [0, 0.1) is 0 Å². The van der Waals surface area contributed by atoms with Gasteiger partial charge in [-0.05, 0) is 31.0 Å². The summed E-state index contributed by atoms with van der Waals surface area (Å²) in [4.78, 5) is 11.2. The van der Waals surface area contributed by atoms with E-state index in [4.69, 9.17) is 23.2 Å². The molecular weight excluding hydrogens is 325 g/mol. The van der Waals surface area contributed by atoms with Crippen molar-refractivity contribution in [2.75, 3.05) is 0 Å². The lowest BCUT2D eigenvalue weighted by molar-refractivity contribution is -0.144. The number of rotatable bonds is 6. The first kappa shape index (κ1) is 17.2. The van der Waals surface area contributed by atoms with E-state index in [1.165, 1.54) is 18.2 Å². The number of hydrogen-bond acceptors (Lipinski definition) is 3. The Bertz CT molecular complexity index is 612. The molecule has 0 heterocycles. The largest absolute Gasteiger partial charge is 0.480 e. The van der Waals surface area contributed by atoms with Crippen LogP contribution in [0.1, 0.15) is 26.7 Å². The molecule has 0 spiro atoms. The highest BCUT2D eigenvalue weighted by molar-refractivity contribution is 7.89. The van der Waals surface area contributed by atoms with Crippen LogP contribution in [0.25, 0.3) is 0 Å². The minimum atomic E-state index is -4.00. The van der Waals surface area contributed by atoms with Crippen LogP contribution in [-0.2, 0) is 14.8 Å². The molecular formula is C12H15Cl2NO4S. The summed E-state index contributed by atoms with van der Waals surface area (Å²) in [6.45, 7) is 3.21. The van der Waals surface area contributed by atoms with Gasteiger partial charge < -0.3 is 5.11 Å². The maximum Gasteiger partial charge on any atom is 0.324 e. The molecule has 5 nitrogen and oxygen atoms in total. The fourth-order valence-electron chi connectivity index (χ4n) is 1.70. The predicted molar refractivity (Wildman–Crippen MR) is 77.7 cm³/mol. The topological polar surface area (TPSA) is 83.5 Å². The second-order valence-electron chi connectivity index (χ2n) is 4.28. The van der Waals surface area contributed by atoms with Crippen molar-refractivity contribution in [2.24, 2.45) is 0 Å². The average Bonchev–Trinajstić information content (AvgIpc) is 2.38. The van der Waals surface area contributed by atoms with Gasteiger partial charge in [0.2, 0.25) is 10.0 Å². The maximum atomic E-state index is 12.3. The van der Waals surface area contributed by atoms with Crippen LogP contribution in [0.2, 0.25) is 10.0 Å². The molecule has 2 N–H and O–H groups in total. The highest BCUT2D eigenvalue weighted by Gasteiger charge is 2.39. The zero-order valence-electron chi connectivity index (χ0n) is 11.0. The number of aliphatic carboxylic acids is 1. The quantitative estimate of drug-likeness (QED) is 0.834. The summed E-state index contributed by atoms with van der Waals surface area (Å²) >= 11 is 11.5. The maximum absolute atomic E-state index is 12.3. The second kappa shape index (κ2) is 6.30. The van der Waals surface area contributed by atoms with Gasteiger partial charge in [-0.2, -0.15) is 4.72 Å². The van der Waals surface area contributed by atoms with Crippen molar-refractivity contribution in [3.63, 3.8) is 0 Å². The molecule has 1 aromatic rings. The Morgan fingerprint density at radius 1 is 1.25 bits per heavy atom. The number of carbonyl (C=O) groups is 1. The third kappa shape index (κ3) is 3.44. The van der Waals surface area contributed by atoms with Crippen molar-refractivity contribution in [1.29, 1.82) is 0 Å². The number of benzene rings is 1. The van der Waals surface area contributed by atoms with Crippen LogP contribution < -0.4 is 4.72 Å². The first-order valence-electron chi connectivity index (χ1n) is 5.91. The van der Waals surface area contributed by atoms with Gasteiger partial charge in [-0.25, -0.2) is 8.42 Å². The number of hydrogen-bond donors (Lipinski definition) is 2. The molecule has 1 rings (SSSR count). The molecule has 0 atom stereocenters. The Labute approximate surface area is 127 Å². The molecule has 0 fully saturated rings. The summed E-state index contributed by atoms with van der Waals surface area (Å²) in [7, 11) is -4.00. The number of nitrogens with one attached hydrogen (secondary N) is 1. The summed E-state index contributed by atoms with van der Waals surface area (Å²) < 4.78 is 26.8. The van der Waals surface area contributed by atoms with E-state index in [-0.39, 0.29) is 27.8 Å². The second-order valence-corrected chi connectivity index (χ2v) is 6.77. The highest BCUT2D eigenvalue weighted by Crippen LogP contribution is 2.26. The lowest BCUT2D eigenvalue weighted by Crippen LogP contribution is -2.53. The molecule has 0 bridgehead atoms. The molecule has 0 saturated carbocycles. The summed E-state index contributed by atoms with van der Waals surface area (Å²) in [6.07, 6.45) is 0.249. The van der Waals surface area contributed by atoms with Gasteiger partial charge in [0.05, 0.1) is 14.9 Å². The van der Waals surface area contributed by atoms with Gasteiger partial charge in [0.25, 0.3) is 0 Å². The summed E-state index contributed by atoms with van der Waals surface area (Å²) in [6, 6.07) is 3.80. The van der Waals surface area contributed by atoms with Gasteiger partial charge in [0.15, 0.2) is 0 Å². The first-order chi connectivity index (χ1) is 9.18. The van der Waals surface area contributed by atoms with Crippen molar-refractivity contribution < 1.29 is 18.3 Å². The van der Waals surface area contributed by atoms with Gasteiger partial charge in [-0.1, -0.05) is 37.0 Å². The Morgan fingerprint density at radius 3 is 2.20 bits per heavy atom. The van der Waals surface area contributed by atoms with Gasteiger partial charge in [0.1, 0.15) is 5.54 Å². The highest BCUT2D eigenvalue weighted by atomic mass is 35.5. The Hall–Kier alpha value is -0.820. The van der Waals surface area contributed by atoms with Gasteiger partial charge in [-0.15, -0.1) is 0 Å². The number of halogens is 2. The standard InChI is InChI=1S/C12H15Cl2NO4S/c1-3-12(4-2,11(16)17)15-20(18,19)8-5-6-9(13)10(14)7-8/h5-7,15H,3-4H2,1-2H3,(H,16,17). The molecule has 20 heavy (non-hydrogen) atoms. The Balaban J connectivity index is 3.23. The van der Waals surface area contributed by atoms with E-state index in [2.05, 4.69) is 4.72 Å². The SMILES string of the molecule is CCC(CC)(NS(=O)(=O)c1ccc(Cl)c(Cl)c1)C(=O)O. The number of sulfonamides is 1. The van der Waals surface area contributed by atoms with E-state index in [1.54, 1.807) is 13.8 Å². The smallest absolute Gasteiger partial charge is 0.324 e. The monoisotopic (exact) mass is 339 g/mol. The van der Waals surface area contributed by atoms with Crippen LogP contribution in [0.5, 0.6) is 0 Å². The third-order valence-electron chi connectivity index (χ3n) is 3.15. The van der Waals surface area contributed by atoms with Crippen molar-refractivity contribution >= 4 is 39.2 Å². The lowest BCUT2D eigenvalue weighted by Gasteiger charge is -2.27. The van der Waals surface area contributed by atoms with Gasteiger partial charge >= 0.3 is 5.97 Å². The minimum absolute atomic E-state index is 0.0865. The third-order valence-corrected chi connectivity index (χ3v) is 5.42. The van der Waals surface area contributed by atoms with Gasteiger partial charge in [-0.3, -0.25) is 4.79 Å². The van der Waals surface area contributed by atoms with Crippen LogP contribution in [0.3, 0.4) is 0 Å². The van der Waals surface area contributed by atoms with Crippen LogP contribution >= 0.6 is 23.2 Å². The van der Waals surface area contributed by atoms with Crippen molar-refractivity contribution in [2.45, 2.75) is 37.1 Å². The Morgan fingerprint density at radius 2 is 1.80 bits per heavy atom. The lowest BCUT2D eigenvalue weighted by atomic mass is 9.95. The molecule has 8 heteroatoms. The molecule has 0 saturated heterocycles. The van der Waals surface area contributed by atoms with E-state index in [1.807, 2.05) is 0 Å². The molecule has 0 radical (unpaired) electrons. The zero-order chi connectivity index (χ0) is 15.6. The fourth-order valence-corrected chi connectivity index (χ4v) is 3.59. The molecule has 0 aliphatic rings. The molecule has 0 aromatic heterocycles. The molecule has 0 aliphatic heterocycles. The van der Waals surface area contributed by atoms with Crippen molar-refractivity contribution in [3.8, 4) is 0 Å². The Kier molecular flexibility index (Phi) is 5.43. The molecule has 0 amide bonds. The van der Waals surface area contributed by atoms with Crippen LogP contribution in [0.15, 0.2) is 23.1 Å². The van der Waals surface area contributed by atoms with E-state index < -0.39 is 21.5 Å². The van der Waals surface area contributed by atoms with E-state index in [0.717, 1.165) is 0 Å². The summed E-state index contributed by atoms with van der Waals surface area (Å²) in [5.74, 6) is -1.22. The van der Waals surface area contributed by atoms with Crippen LogP contribution in [-0.4, -0.2) is 25.0 Å². The first-order valence-corrected chi connectivity index (χ1v) is 8.15. The normalized spacial score (nSPS) is 12.4. The fraction of sp³-hybridized carbons (Fsp3) is 0.417. The van der Waals surface area contributed by atoms with Crippen LogP contribution in [0.4, 0.5) is 0 Å². The van der Waals surface area contributed by atoms with E-state index >= 15 is 0 Å². The molecule has 1 aromatic carbocycles. The zero-order valence-corrected chi connectivity index (χ0v) is 13.3. The number of carboxylic acids is 1. The minimum Gasteiger partial charge on any atom is -0.480 e.